The summed E-state index contributed by atoms with van der Waals surface area (Å²) in [6, 6.07) is 5.08. The number of fused-ring (bicyclic) bond motifs is 1. The number of halogens is 1. The lowest BCUT2D eigenvalue weighted by Gasteiger charge is -2.10. The molecule has 2 heterocycles. The Morgan fingerprint density at radius 1 is 1.35 bits per heavy atom. The molecule has 0 saturated heterocycles. The average Bonchev–Trinajstić information content (AvgIpc) is 3.01. The fraction of sp³-hybridized carbons (Fsp3) is 0.294. The van der Waals surface area contributed by atoms with Crippen LogP contribution in [0, 0.1) is 0 Å². The highest BCUT2D eigenvalue weighted by Gasteiger charge is 2.11. The number of esters is 1. The number of ether oxygens (including phenoxy) is 2. The number of aryl methyl sites for hydroxylation is 2. The van der Waals surface area contributed by atoms with E-state index in [1.807, 2.05) is 0 Å². The Morgan fingerprint density at radius 3 is 2.92 bits per heavy atom. The largest absolute Gasteiger partial charge is 0.496 e. The first-order valence-electron chi connectivity index (χ1n) is 7.85. The van der Waals surface area contributed by atoms with E-state index in [9.17, 15) is 9.59 Å². The third kappa shape index (κ3) is 3.70. The highest BCUT2D eigenvalue weighted by molar-refractivity contribution is 6.30. The van der Waals surface area contributed by atoms with Gasteiger partial charge in [0.25, 0.3) is 5.56 Å². The number of benzene rings is 1. The fourth-order valence-electron chi connectivity index (χ4n) is 2.53. The van der Waals surface area contributed by atoms with Crippen LogP contribution in [-0.2, 0) is 29.7 Å². The maximum absolute atomic E-state index is 12.3. The van der Waals surface area contributed by atoms with E-state index in [0.29, 0.717) is 27.4 Å². The lowest BCUT2D eigenvalue weighted by Crippen LogP contribution is -2.22. The zero-order valence-electron chi connectivity index (χ0n) is 14.3. The van der Waals surface area contributed by atoms with Gasteiger partial charge in [0.2, 0.25) is 0 Å². The minimum absolute atomic E-state index is 0.0379. The van der Waals surface area contributed by atoms with Crippen molar-refractivity contribution >= 4 is 28.6 Å². The molecule has 2 aromatic heterocycles. The normalized spacial score (nSPS) is 10.9. The number of rotatable bonds is 6. The van der Waals surface area contributed by atoms with Gasteiger partial charge in [-0.3, -0.25) is 18.8 Å². The molecule has 0 atom stereocenters. The van der Waals surface area contributed by atoms with Gasteiger partial charge in [0.15, 0.2) is 5.65 Å². The van der Waals surface area contributed by atoms with E-state index in [0.717, 1.165) is 0 Å². The molecule has 0 aliphatic carbocycles. The first kappa shape index (κ1) is 17.9. The van der Waals surface area contributed by atoms with Crippen molar-refractivity contribution in [1.82, 2.24) is 19.3 Å². The third-order valence-electron chi connectivity index (χ3n) is 3.91. The first-order chi connectivity index (χ1) is 12.5. The van der Waals surface area contributed by atoms with Gasteiger partial charge in [0.1, 0.15) is 17.7 Å². The van der Waals surface area contributed by atoms with Crippen LogP contribution in [-0.4, -0.2) is 32.4 Å². The van der Waals surface area contributed by atoms with Gasteiger partial charge in [-0.1, -0.05) is 11.6 Å². The Labute approximate surface area is 153 Å². The van der Waals surface area contributed by atoms with Crippen LogP contribution < -0.4 is 10.3 Å². The van der Waals surface area contributed by atoms with Crippen LogP contribution >= 0.6 is 11.6 Å². The topological polar surface area (TPSA) is 88.2 Å². The van der Waals surface area contributed by atoms with Gasteiger partial charge in [-0.05, 0) is 18.2 Å². The zero-order valence-corrected chi connectivity index (χ0v) is 15.1. The van der Waals surface area contributed by atoms with E-state index in [-0.39, 0.29) is 25.1 Å². The summed E-state index contributed by atoms with van der Waals surface area (Å²) >= 11 is 5.95. The minimum Gasteiger partial charge on any atom is -0.496 e. The second-order valence-electron chi connectivity index (χ2n) is 5.62. The molecule has 0 aliphatic rings. The number of carbonyl (C=O) groups is 1. The van der Waals surface area contributed by atoms with Gasteiger partial charge in [-0.25, -0.2) is 4.98 Å². The summed E-state index contributed by atoms with van der Waals surface area (Å²) in [5.74, 6) is 0.148. The molecule has 0 amide bonds. The number of methoxy groups -OCH3 is 1. The SMILES string of the molecule is COc1ccc(Cl)cc1COC(=O)CCn1cnc2c(cnn2C)c1=O. The molecule has 8 nitrogen and oxygen atoms in total. The lowest BCUT2D eigenvalue weighted by molar-refractivity contribution is -0.145. The molecule has 26 heavy (non-hydrogen) atoms. The molecule has 3 rings (SSSR count). The minimum atomic E-state index is -0.440. The van der Waals surface area contributed by atoms with Gasteiger partial charge in [-0.15, -0.1) is 0 Å². The van der Waals surface area contributed by atoms with E-state index in [4.69, 9.17) is 21.1 Å². The summed E-state index contributed by atoms with van der Waals surface area (Å²) in [6.07, 6.45) is 2.90. The molecule has 9 heteroatoms. The molecule has 3 aromatic rings. The molecule has 0 unspecified atom stereocenters. The predicted molar refractivity (Wildman–Crippen MR) is 95.2 cm³/mol. The van der Waals surface area contributed by atoms with Crippen LogP contribution in [0.1, 0.15) is 12.0 Å². The lowest BCUT2D eigenvalue weighted by atomic mass is 10.2. The van der Waals surface area contributed by atoms with Crippen LogP contribution in [0.4, 0.5) is 0 Å². The van der Waals surface area contributed by atoms with Gasteiger partial charge in [0, 0.05) is 24.2 Å². The summed E-state index contributed by atoms with van der Waals surface area (Å²) in [6.45, 7) is 0.208. The van der Waals surface area contributed by atoms with Crippen LogP contribution in [0.5, 0.6) is 5.75 Å². The number of nitrogens with zero attached hydrogens (tertiary/aromatic N) is 4. The fourth-order valence-corrected chi connectivity index (χ4v) is 2.72. The number of hydrogen-bond donors (Lipinski definition) is 0. The van der Waals surface area contributed by atoms with Crippen LogP contribution in [0.2, 0.25) is 5.02 Å². The molecule has 0 saturated carbocycles. The Hall–Kier alpha value is -2.87. The molecule has 0 fully saturated rings. The molecule has 0 radical (unpaired) electrons. The molecule has 0 aliphatic heterocycles. The Kier molecular flexibility index (Phi) is 5.22. The molecule has 0 spiro atoms. The Morgan fingerprint density at radius 2 is 2.15 bits per heavy atom. The summed E-state index contributed by atoms with van der Waals surface area (Å²) in [4.78, 5) is 28.5. The molecular weight excluding hydrogens is 360 g/mol. The first-order valence-corrected chi connectivity index (χ1v) is 8.22. The van der Waals surface area contributed by atoms with E-state index >= 15 is 0 Å². The number of hydrogen-bond acceptors (Lipinski definition) is 6. The van der Waals surface area contributed by atoms with E-state index in [2.05, 4.69) is 10.1 Å². The Bertz CT molecular complexity index is 1010. The molecule has 136 valence electrons. The van der Waals surface area contributed by atoms with E-state index in [1.165, 1.54) is 28.9 Å². The van der Waals surface area contributed by atoms with Gasteiger partial charge in [0.05, 0.1) is 26.1 Å². The average molecular weight is 377 g/mol. The van der Waals surface area contributed by atoms with E-state index in [1.54, 1.807) is 25.2 Å². The summed E-state index contributed by atoms with van der Waals surface area (Å²) in [5, 5.41) is 4.94. The van der Waals surface area contributed by atoms with Crippen molar-refractivity contribution < 1.29 is 14.3 Å². The van der Waals surface area contributed by atoms with Crippen molar-refractivity contribution in [3.63, 3.8) is 0 Å². The molecule has 0 bridgehead atoms. The maximum atomic E-state index is 12.3. The molecule has 0 N–H and O–H groups in total. The van der Waals surface area contributed by atoms with Crippen molar-refractivity contribution in [3.8, 4) is 5.75 Å². The van der Waals surface area contributed by atoms with Gasteiger partial charge in [-0.2, -0.15) is 5.10 Å². The van der Waals surface area contributed by atoms with Crippen LogP contribution in [0.15, 0.2) is 35.5 Å². The number of aromatic nitrogens is 4. The van der Waals surface area contributed by atoms with Crippen molar-refractivity contribution in [3.05, 3.63) is 51.7 Å². The molecular formula is C17H17ClN4O4. The predicted octanol–water partition coefficient (Wildman–Crippen LogP) is 1.93. The molecule has 1 aromatic carbocycles. The van der Waals surface area contributed by atoms with Crippen molar-refractivity contribution in [1.29, 1.82) is 0 Å². The summed E-state index contributed by atoms with van der Waals surface area (Å²) in [7, 11) is 3.24. The van der Waals surface area contributed by atoms with Crippen molar-refractivity contribution in [2.24, 2.45) is 7.05 Å². The van der Waals surface area contributed by atoms with Crippen LogP contribution in [0.25, 0.3) is 11.0 Å². The second kappa shape index (κ2) is 7.57. The summed E-state index contributed by atoms with van der Waals surface area (Å²) in [5.41, 5.74) is 0.929. The van der Waals surface area contributed by atoms with E-state index < -0.39 is 5.97 Å². The van der Waals surface area contributed by atoms with Gasteiger partial charge < -0.3 is 9.47 Å². The summed E-state index contributed by atoms with van der Waals surface area (Å²) < 4.78 is 13.3. The van der Waals surface area contributed by atoms with Crippen molar-refractivity contribution in [2.75, 3.05) is 7.11 Å². The smallest absolute Gasteiger partial charge is 0.307 e. The standard InChI is InChI=1S/C17H17ClN4O4/c1-21-16-13(8-20-21)17(24)22(10-19-16)6-5-15(23)26-9-11-7-12(18)3-4-14(11)25-2/h3-4,7-8,10H,5-6,9H2,1-2H3. The second-order valence-corrected chi connectivity index (χ2v) is 6.05. The highest BCUT2D eigenvalue weighted by Crippen LogP contribution is 2.23. The number of carbonyl (C=O) groups excluding carboxylic acids is 1. The quantitative estimate of drug-likeness (QED) is 0.611. The monoisotopic (exact) mass is 376 g/mol. The van der Waals surface area contributed by atoms with Crippen molar-refractivity contribution in [2.45, 2.75) is 19.6 Å². The van der Waals surface area contributed by atoms with Gasteiger partial charge >= 0.3 is 5.97 Å². The zero-order chi connectivity index (χ0) is 18.7. The third-order valence-corrected chi connectivity index (χ3v) is 4.14. The van der Waals surface area contributed by atoms with Crippen LogP contribution in [0.3, 0.4) is 0 Å². The highest BCUT2D eigenvalue weighted by atomic mass is 35.5. The Balaban J connectivity index is 1.62. The maximum Gasteiger partial charge on any atom is 0.307 e.